The minimum absolute atomic E-state index is 0.0600. The largest absolute Gasteiger partial charge is 0.452 e. The Morgan fingerprint density at radius 2 is 2.14 bits per heavy atom. The van der Waals surface area contributed by atoms with Gasteiger partial charge in [-0.25, -0.2) is 4.79 Å². The van der Waals surface area contributed by atoms with E-state index in [0.29, 0.717) is 32.0 Å². The van der Waals surface area contributed by atoms with Crippen LogP contribution in [0.15, 0.2) is 24.3 Å². The first-order chi connectivity index (χ1) is 10.7. The molecule has 0 bridgehead atoms. The standard InChI is InChI=1S/C15H18N2O5/c1-20-15(19)17(8-13-9-22-13)12-4-2-11(3-5-12)16-6-7-21-10-14(16)18/h2-5,13H,6-10H2,1H3/t13-/m0/s1. The Hall–Kier alpha value is -2.12. The van der Waals surface area contributed by atoms with Gasteiger partial charge in [0.1, 0.15) is 6.61 Å². The molecular weight excluding hydrogens is 288 g/mol. The van der Waals surface area contributed by atoms with Gasteiger partial charge in [0.2, 0.25) is 0 Å². The highest BCUT2D eigenvalue weighted by Crippen LogP contribution is 2.24. The van der Waals surface area contributed by atoms with Crippen molar-refractivity contribution >= 4 is 23.4 Å². The molecule has 22 heavy (non-hydrogen) atoms. The lowest BCUT2D eigenvalue weighted by Crippen LogP contribution is -2.41. The number of amides is 2. The molecule has 0 N–H and O–H groups in total. The van der Waals surface area contributed by atoms with Crippen molar-refractivity contribution in [3.63, 3.8) is 0 Å². The average Bonchev–Trinajstić information content (AvgIpc) is 3.37. The highest BCUT2D eigenvalue weighted by molar-refractivity contribution is 5.95. The van der Waals surface area contributed by atoms with Crippen LogP contribution < -0.4 is 9.80 Å². The molecular formula is C15H18N2O5. The lowest BCUT2D eigenvalue weighted by molar-refractivity contribution is -0.125. The van der Waals surface area contributed by atoms with Crippen molar-refractivity contribution in [3.8, 4) is 0 Å². The lowest BCUT2D eigenvalue weighted by atomic mass is 10.2. The highest BCUT2D eigenvalue weighted by Gasteiger charge is 2.29. The quantitative estimate of drug-likeness (QED) is 0.777. The monoisotopic (exact) mass is 306 g/mol. The fourth-order valence-electron chi connectivity index (χ4n) is 2.38. The number of carbonyl (C=O) groups excluding carboxylic acids is 2. The maximum atomic E-state index is 11.9. The van der Waals surface area contributed by atoms with Crippen LogP contribution in [0.2, 0.25) is 0 Å². The molecule has 1 aromatic rings. The Labute approximate surface area is 128 Å². The lowest BCUT2D eigenvalue weighted by Gasteiger charge is -2.27. The number of epoxide rings is 1. The predicted molar refractivity (Wildman–Crippen MR) is 79.1 cm³/mol. The zero-order valence-corrected chi connectivity index (χ0v) is 12.4. The van der Waals surface area contributed by atoms with Crippen LogP contribution in [-0.4, -0.2) is 58.1 Å². The minimum Gasteiger partial charge on any atom is -0.452 e. The Kier molecular flexibility index (Phi) is 4.26. The van der Waals surface area contributed by atoms with E-state index in [4.69, 9.17) is 14.2 Å². The summed E-state index contributed by atoms with van der Waals surface area (Å²) in [6, 6.07) is 7.25. The van der Waals surface area contributed by atoms with Crippen molar-refractivity contribution in [3.05, 3.63) is 24.3 Å². The van der Waals surface area contributed by atoms with Gasteiger partial charge in [0.15, 0.2) is 0 Å². The van der Waals surface area contributed by atoms with Crippen LogP contribution in [0.5, 0.6) is 0 Å². The van der Waals surface area contributed by atoms with Gasteiger partial charge in [0.25, 0.3) is 5.91 Å². The van der Waals surface area contributed by atoms with Gasteiger partial charge >= 0.3 is 6.09 Å². The van der Waals surface area contributed by atoms with E-state index in [-0.39, 0.29) is 18.6 Å². The minimum atomic E-state index is -0.425. The molecule has 0 aliphatic carbocycles. The number of benzene rings is 1. The summed E-state index contributed by atoms with van der Waals surface area (Å²) in [7, 11) is 1.35. The number of ether oxygens (including phenoxy) is 3. The molecule has 2 saturated heterocycles. The second-order valence-electron chi connectivity index (χ2n) is 5.15. The van der Waals surface area contributed by atoms with E-state index in [1.165, 1.54) is 12.0 Å². The van der Waals surface area contributed by atoms with Gasteiger partial charge in [0.05, 0.1) is 33.0 Å². The fraction of sp³-hybridized carbons (Fsp3) is 0.467. The summed E-state index contributed by atoms with van der Waals surface area (Å²) in [5, 5.41) is 0. The van der Waals surface area contributed by atoms with E-state index < -0.39 is 6.09 Å². The van der Waals surface area contributed by atoms with Crippen molar-refractivity contribution in [2.75, 3.05) is 49.8 Å². The Morgan fingerprint density at radius 1 is 1.41 bits per heavy atom. The van der Waals surface area contributed by atoms with Crippen molar-refractivity contribution in [2.24, 2.45) is 0 Å². The molecule has 1 atom stereocenters. The molecule has 0 spiro atoms. The summed E-state index contributed by atoms with van der Waals surface area (Å²) in [6.07, 6.45) is -0.356. The van der Waals surface area contributed by atoms with E-state index in [1.54, 1.807) is 17.0 Å². The summed E-state index contributed by atoms with van der Waals surface area (Å²) >= 11 is 0. The van der Waals surface area contributed by atoms with Crippen LogP contribution >= 0.6 is 0 Å². The van der Waals surface area contributed by atoms with Crippen molar-refractivity contribution in [1.82, 2.24) is 0 Å². The van der Waals surface area contributed by atoms with Gasteiger partial charge in [0, 0.05) is 17.9 Å². The van der Waals surface area contributed by atoms with E-state index in [0.717, 1.165) is 5.69 Å². The SMILES string of the molecule is COC(=O)N(C[C@H]1CO1)c1ccc(N2CCOCC2=O)cc1. The third kappa shape index (κ3) is 3.20. The first-order valence-electron chi connectivity index (χ1n) is 7.14. The Morgan fingerprint density at radius 3 is 2.73 bits per heavy atom. The van der Waals surface area contributed by atoms with Gasteiger partial charge in [-0.05, 0) is 24.3 Å². The second-order valence-corrected chi connectivity index (χ2v) is 5.15. The predicted octanol–water partition coefficient (Wildman–Crippen LogP) is 1.02. The first kappa shape index (κ1) is 14.8. The molecule has 0 radical (unpaired) electrons. The van der Waals surface area contributed by atoms with Gasteiger partial charge in [-0.2, -0.15) is 0 Å². The molecule has 7 nitrogen and oxygen atoms in total. The Bertz CT molecular complexity index is 556. The molecule has 0 aromatic heterocycles. The zero-order valence-electron chi connectivity index (χ0n) is 12.4. The van der Waals surface area contributed by atoms with E-state index >= 15 is 0 Å². The number of hydrogen-bond acceptors (Lipinski definition) is 5. The molecule has 2 aliphatic heterocycles. The highest BCUT2D eigenvalue weighted by atomic mass is 16.6. The second kappa shape index (κ2) is 6.33. The number of anilines is 2. The number of carbonyl (C=O) groups is 2. The summed E-state index contributed by atoms with van der Waals surface area (Å²) in [6.45, 7) is 2.29. The number of methoxy groups -OCH3 is 1. The van der Waals surface area contributed by atoms with Crippen LogP contribution in [0.4, 0.5) is 16.2 Å². The summed E-state index contributed by atoms with van der Waals surface area (Å²) in [4.78, 5) is 26.9. The molecule has 2 fully saturated rings. The molecule has 1 aromatic carbocycles. The summed E-state index contributed by atoms with van der Waals surface area (Å²) in [5.41, 5.74) is 1.51. The average molecular weight is 306 g/mol. The zero-order chi connectivity index (χ0) is 15.5. The van der Waals surface area contributed by atoms with Crippen LogP contribution in [0.1, 0.15) is 0 Å². The van der Waals surface area contributed by atoms with Crippen LogP contribution in [-0.2, 0) is 19.0 Å². The number of nitrogens with zero attached hydrogens (tertiary/aromatic N) is 2. The molecule has 2 amide bonds. The first-order valence-corrected chi connectivity index (χ1v) is 7.14. The van der Waals surface area contributed by atoms with Crippen molar-refractivity contribution in [1.29, 1.82) is 0 Å². The van der Waals surface area contributed by atoms with E-state index in [1.807, 2.05) is 12.1 Å². The van der Waals surface area contributed by atoms with E-state index in [9.17, 15) is 9.59 Å². The number of rotatable bonds is 4. The fourth-order valence-corrected chi connectivity index (χ4v) is 2.38. The molecule has 0 saturated carbocycles. The van der Waals surface area contributed by atoms with Gasteiger partial charge in [-0.15, -0.1) is 0 Å². The molecule has 2 heterocycles. The maximum Gasteiger partial charge on any atom is 0.414 e. The van der Waals surface area contributed by atoms with E-state index in [2.05, 4.69) is 0 Å². The molecule has 0 unspecified atom stereocenters. The third-order valence-electron chi connectivity index (χ3n) is 3.64. The summed E-state index contributed by atoms with van der Waals surface area (Å²) < 4.78 is 15.1. The Balaban J connectivity index is 1.76. The third-order valence-corrected chi connectivity index (χ3v) is 3.64. The number of hydrogen-bond donors (Lipinski definition) is 0. The number of morpholine rings is 1. The molecule has 3 rings (SSSR count). The topological polar surface area (TPSA) is 71.6 Å². The van der Waals surface area contributed by atoms with Gasteiger partial charge < -0.3 is 19.1 Å². The maximum absolute atomic E-state index is 11.9. The smallest absolute Gasteiger partial charge is 0.414 e. The summed E-state index contributed by atoms with van der Waals surface area (Å²) in [5.74, 6) is -0.0600. The van der Waals surface area contributed by atoms with Crippen molar-refractivity contribution < 1.29 is 23.8 Å². The molecule has 118 valence electrons. The van der Waals surface area contributed by atoms with Crippen LogP contribution in [0, 0.1) is 0 Å². The van der Waals surface area contributed by atoms with Gasteiger partial charge in [-0.1, -0.05) is 0 Å². The normalized spacial score (nSPS) is 20.7. The van der Waals surface area contributed by atoms with Gasteiger partial charge in [-0.3, -0.25) is 9.69 Å². The van der Waals surface area contributed by atoms with Crippen molar-refractivity contribution in [2.45, 2.75) is 6.10 Å². The van der Waals surface area contributed by atoms with Crippen LogP contribution in [0.3, 0.4) is 0 Å². The van der Waals surface area contributed by atoms with Crippen LogP contribution in [0.25, 0.3) is 0 Å². The molecule has 7 heteroatoms. The molecule has 2 aliphatic rings.